The summed E-state index contributed by atoms with van der Waals surface area (Å²) in [6.07, 6.45) is 6.08. The van der Waals surface area contributed by atoms with Crippen molar-refractivity contribution in [1.82, 2.24) is 14.8 Å². The first kappa shape index (κ1) is 30.6. The quantitative estimate of drug-likeness (QED) is 0.175. The highest BCUT2D eigenvalue weighted by molar-refractivity contribution is 6.29. The summed E-state index contributed by atoms with van der Waals surface area (Å²) in [4.78, 5) is 38.7. The number of amides is 2. The lowest BCUT2D eigenvalue weighted by Crippen LogP contribution is -2.52. The van der Waals surface area contributed by atoms with Gasteiger partial charge < -0.3 is 19.4 Å². The molecular weight excluding hydrogens is 584 g/mol. The van der Waals surface area contributed by atoms with Gasteiger partial charge in [-0.3, -0.25) is 9.59 Å². The molecule has 45 heavy (non-hydrogen) atoms. The molecule has 2 amide bonds. The first-order chi connectivity index (χ1) is 22.0. The number of carbonyl (C=O) groups is 2. The van der Waals surface area contributed by atoms with E-state index >= 15 is 0 Å². The topological polar surface area (TPSA) is 66.0 Å². The maximum absolute atomic E-state index is 14.5. The van der Waals surface area contributed by atoms with E-state index in [1.165, 1.54) is 11.6 Å². The van der Waals surface area contributed by atoms with E-state index in [1.54, 1.807) is 23.2 Å². The van der Waals surface area contributed by atoms with E-state index in [-0.39, 0.29) is 11.8 Å². The fourth-order valence-corrected chi connectivity index (χ4v) is 6.10. The van der Waals surface area contributed by atoms with Crippen LogP contribution in [-0.4, -0.2) is 65.5 Å². The Bertz CT molecular complexity index is 1620. The Balaban J connectivity index is 1.32. The summed E-state index contributed by atoms with van der Waals surface area (Å²) in [5.74, 6) is -0.290. The van der Waals surface area contributed by atoms with Crippen molar-refractivity contribution in [2.24, 2.45) is 0 Å². The third-order valence-corrected chi connectivity index (χ3v) is 8.72. The molecule has 1 fully saturated rings. The lowest BCUT2D eigenvalue weighted by molar-refractivity contribution is -0.144. The maximum Gasteiger partial charge on any atom is 0.247 e. The van der Waals surface area contributed by atoms with Gasteiger partial charge in [-0.15, -0.1) is 0 Å². The van der Waals surface area contributed by atoms with Gasteiger partial charge in [-0.25, -0.2) is 4.98 Å². The third kappa shape index (κ3) is 7.80. The molecule has 6 rings (SSSR count). The summed E-state index contributed by atoms with van der Waals surface area (Å²) >= 11 is 5.97. The summed E-state index contributed by atoms with van der Waals surface area (Å²) in [6, 6.07) is 29.3. The number of hydrogen-bond donors (Lipinski definition) is 0. The number of rotatable bonds is 9. The summed E-state index contributed by atoms with van der Waals surface area (Å²) < 4.78 is 5.51. The van der Waals surface area contributed by atoms with Gasteiger partial charge >= 0.3 is 0 Å². The normalized spacial score (nSPS) is 15.5. The third-order valence-electron chi connectivity index (χ3n) is 8.49. The van der Waals surface area contributed by atoms with Crippen LogP contribution in [-0.2, 0) is 40.3 Å². The van der Waals surface area contributed by atoms with Gasteiger partial charge in [0.2, 0.25) is 11.8 Å². The van der Waals surface area contributed by atoms with Crippen LogP contribution in [0, 0.1) is 0 Å². The van der Waals surface area contributed by atoms with Crippen LogP contribution in [0.1, 0.15) is 27.8 Å². The Morgan fingerprint density at radius 2 is 1.60 bits per heavy atom. The highest BCUT2D eigenvalue weighted by Gasteiger charge is 2.34. The molecule has 0 saturated carbocycles. The Morgan fingerprint density at radius 3 is 2.33 bits per heavy atom. The number of halogens is 1. The van der Waals surface area contributed by atoms with Crippen LogP contribution in [0.3, 0.4) is 0 Å². The second-order valence-corrected chi connectivity index (χ2v) is 11.9. The molecule has 0 radical (unpaired) electrons. The summed E-state index contributed by atoms with van der Waals surface area (Å²) in [5.41, 5.74) is 6.26. The molecule has 4 aromatic rings. The molecule has 2 aliphatic heterocycles. The van der Waals surface area contributed by atoms with Crippen LogP contribution in [0.25, 0.3) is 6.08 Å². The number of benzene rings is 3. The number of fused-ring (bicyclic) bond motifs is 1. The summed E-state index contributed by atoms with van der Waals surface area (Å²) in [7, 11) is 0. The number of pyridine rings is 1. The fourth-order valence-electron chi connectivity index (χ4n) is 5.98. The van der Waals surface area contributed by atoms with E-state index in [1.807, 2.05) is 53.4 Å². The van der Waals surface area contributed by atoms with Gasteiger partial charge in [-0.1, -0.05) is 84.4 Å². The molecule has 7 nitrogen and oxygen atoms in total. The van der Waals surface area contributed by atoms with Crippen LogP contribution in [0.15, 0.2) is 103 Å². The van der Waals surface area contributed by atoms with Crippen molar-refractivity contribution in [3.63, 3.8) is 0 Å². The minimum atomic E-state index is -0.697. The van der Waals surface area contributed by atoms with Crippen molar-refractivity contribution < 1.29 is 14.3 Å². The molecule has 230 valence electrons. The smallest absolute Gasteiger partial charge is 0.247 e. The minimum absolute atomic E-state index is 0.0480. The second-order valence-electron chi connectivity index (χ2n) is 11.5. The van der Waals surface area contributed by atoms with Gasteiger partial charge in [0.05, 0.1) is 13.2 Å². The van der Waals surface area contributed by atoms with Crippen LogP contribution in [0.5, 0.6) is 0 Å². The zero-order valence-electron chi connectivity index (χ0n) is 25.2. The molecule has 1 aromatic heterocycles. The van der Waals surface area contributed by atoms with E-state index in [9.17, 15) is 9.59 Å². The molecule has 8 heteroatoms. The van der Waals surface area contributed by atoms with E-state index in [2.05, 4.69) is 46.3 Å². The number of anilines is 1. The first-order valence-corrected chi connectivity index (χ1v) is 15.8. The standard InChI is InChI=1S/C37H37ClN4O3/c38-35-16-12-29(25-39-35)13-17-36(43)42(26-30-10-14-33(15-11-30)40-20-22-45-23-21-40)34(24-28-6-2-1-3-7-28)37(44)41-19-18-31-8-4-5-9-32(31)27-41/h1-17,25,34H,18-24,26-27H2/b17-13+/t34-/m0/s1. The van der Waals surface area contributed by atoms with Crippen LogP contribution in [0.2, 0.25) is 5.15 Å². The van der Waals surface area contributed by atoms with Crippen LogP contribution in [0.4, 0.5) is 5.69 Å². The highest BCUT2D eigenvalue weighted by Crippen LogP contribution is 2.24. The molecule has 3 heterocycles. The predicted molar refractivity (Wildman–Crippen MR) is 178 cm³/mol. The van der Waals surface area contributed by atoms with E-state index < -0.39 is 6.04 Å². The number of hydrogen-bond acceptors (Lipinski definition) is 5. The van der Waals surface area contributed by atoms with Crippen LogP contribution >= 0.6 is 11.6 Å². The van der Waals surface area contributed by atoms with E-state index in [0.29, 0.717) is 44.4 Å². The Hall–Kier alpha value is -4.46. The first-order valence-electron chi connectivity index (χ1n) is 15.4. The van der Waals surface area contributed by atoms with Gasteiger partial charge in [-0.2, -0.15) is 0 Å². The summed E-state index contributed by atoms with van der Waals surface area (Å²) in [5, 5.41) is 0.386. The monoisotopic (exact) mass is 620 g/mol. The molecule has 0 N–H and O–H groups in total. The van der Waals surface area contributed by atoms with Crippen molar-refractivity contribution in [2.75, 3.05) is 37.7 Å². The SMILES string of the molecule is O=C([C@H](Cc1ccccc1)N(Cc1ccc(N2CCOCC2)cc1)C(=O)/C=C/c1ccc(Cl)nc1)N1CCc2ccccc2C1. The van der Waals surface area contributed by atoms with Crippen molar-refractivity contribution in [2.45, 2.75) is 32.0 Å². The van der Waals surface area contributed by atoms with E-state index in [4.69, 9.17) is 16.3 Å². The van der Waals surface area contributed by atoms with Crippen molar-refractivity contribution in [3.8, 4) is 0 Å². The average molecular weight is 621 g/mol. The number of nitrogens with zero attached hydrogens (tertiary/aromatic N) is 4. The fraction of sp³-hybridized carbons (Fsp3) is 0.270. The second kappa shape index (κ2) is 14.5. The Morgan fingerprint density at radius 1 is 0.867 bits per heavy atom. The highest BCUT2D eigenvalue weighted by atomic mass is 35.5. The molecule has 2 aliphatic rings. The van der Waals surface area contributed by atoms with E-state index in [0.717, 1.165) is 47.5 Å². The molecule has 1 atom stereocenters. The maximum atomic E-state index is 14.5. The number of aromatic nitrogens is 1. The number of morpholine rings is 1. The lowest BCUT2D eigenvalue weighted by Gasteiger charge is -2.37. The largest absolute Gasteiger partial charge is 0.378 e. The molecule has 0 bridgehead atoms. The average Bonchev–Trinajstić information content (AvgIpc) is 3.10. The Kier molecular flexibility index (Phi) is 9.88. The predicted octanol–water partition coefficient (Wildman–Crippen LogP) is 5.81. The zero-order valence-corrected chi connectivity index (χ0v) is 26.0. The van der Waals surface area contributed by atoms with Crippen molar-refractivity contribution in [3.05, 3.63) is 136 Å². The molecule has 0 spiro atoms. The molecule has 1 saturated heterocycles. The summed E-state index contributed by atoms with van der Waals surface area (Å²) in [6.45, 7) is 4.56. The molecule has 0 aliphatic carbocycles. The minimum Gasteiger partial charge on any atom is -0.378 e. The number of carbonyl (C=O) groups excluding carboxylic acids is 2. The van der Waals surface area contributed by atoms with Gasteiger partial charge in [0, 0.05) is 57.1 Å². The number of ether oxygens (including phenoxy) is 1. The lowest BCUT2D eigenvalue weighted by atomic mass is 9.97. The Labute approximate surface area is 269 Å². The van der Waals surface area contributed by atoms with Crippen molar-refractivity contribution >= 4 is 35.2 Å². The molecular formula is C37H37ClN4O3. The zero-order chi connectivity index (χ0) is 31.0. The van der Waals surface area contributed by atoms with Crippen LogP contribution < -0.4 is 4.90 Å². The van der Waals surface area contributed by atoms with Crippen molar-refractivity contribution in [1.29, 1.82) is 0 Å². The molecule has 3 aromatic carbocycles. The molecule has 0 unspecified atom stereocenters. The van der Waals surface area contributed by atoms with Gasteiger partial charge in [0.15, 0.2) is 0 Å². The van der Waals surface area contributed by atoms with Gasteiger partial charge in [0.1, 0.15) is 11.2 Å². The van der Waals surface area contributed by atoms with Gasteiger partial charge in [-0.05, 0) is 58.5 Å². The van der Waals surface area contributed by atoms with Gasteiger partial charge in [0.25, 0.3) is 0 Å².